The van der Waals surface area contributed by atoms with E-state index in [4.69, 9.17) is 0 Å². The highest BCUT2D eigenvalue weighted by molar-refractivity contribution is 7.26. The summed E-state index contributed by atoms with van der Waals surface area (Å²) in [4.78, 5) is 7.97. The van der Waals surface area contributed by atoms with Crippen molar-refractivity contribution < 1.29 is 0 Å². The van der Waals surface area contributed by atoms with Crippen LogP contribution in [0.1, 0.15) is 131 Å². The number of aryl methyl sites for hydroxylation is 1. The number of benzene rings is 7. The summed E-state index contributed by atoms with van der Waals surface area (Å²) in [5.41, 5.74) is 23.5. The maximum atomic E-state index is 2.84. The van der Waals surface area contributed by atoms with E-state index in [0.717, 1.165) is 23.5 Å². The highest BCUT2D eigenvalue weighted by Gasteiger charge is 2.49. The van der Waals surface area contributed by atoms with E-state index in [-0.39, 0.29) is 39.8 Å². The molecule has 0 bridgehead atoms. The van der Waals surface area contributed by atoms with Crippen LogP contribution in [0.5, 0.6) is 0 Å². The van der Waals surface area contributed by atoms with Crippen LogP contribution in [0.2, 0.25) is 0 Å². The SMILES string of the molecule is Cc1cc2c3c(c1)N(C1C=CC4=C(C1)C(C)(C)CCC4(C)C)c1cc4c(cc1B3c1ccc(N(c3ccccc3)c3ccccc3)cc1N2c1cccc2c1sc1cc(C(C)(C)C)ccc12)C(C)(C)CCC4(C)C. The van der Waals surface area contributed by atoms with Crippen LogP contribution in [-0.4, -0.2) is 12.8 Å². The predicted octanol–water partition coefficient (Wildman–Crippen LogP) is 17.7. The van der Waals surface area contributed by atoms with Gasteiger partial charge in [-0.15, -0.1) is 11.3 Å². The molecule has 0 spiro atoms. The van der Waals surface area contributed by atoms with Gasteiger partial charge in [0.1, 0.15) is 0 Å². The van der Waals surface area contributed by atoms with E-state index in [1.165, 1.54) is 113 Å². The molecule has 0 saturated carbocycles. The van der Waals surface area contributed by atoms with Gasteiger partial charge in [0.2, 0.25) is 0 Å². The van der Waals surface area contributed by atoms with Crippen molar-refractivity contribution in [3.8, 4) is 0 Å². The molecule has 0 radical (unpaired) electrons. The predicted molar refractivity (Wildman–Crippen MR) is 322 cm³/mol. The number of anilines is 8. The molecular weight excluding hydrogens is 914 g/mol. The maximum absolute atomic E-state index is 2.84. The minimum Gasteiger partial charge on any atom is -0.335 e. The topological polar surface area (TPSA) is 9.72 Å². The lowest BCUT2D eigenvalue weighted by atomic mass is 9.33. The number of thiophene rings is 1. The second-order valence-electron chi connectivity index (χ2n) is 26.3. The Labute approximate surface area is 445 Å². The third-order valence-corrected chi connectivity index (χ3v) is 19.7. The second-order valence-corrected chi connectivity index (χ2v) is 27.4. The monoisotopic (exact) mass is 986 g/mol. The van der Waals surface area contributed by atoms with Crippen molar-refractivity contribution in [2.24, 2.45) is 10.8 Å². The minimum atomic E-state index is 0.0172. The number of hydrogen-bond donors (Lipinski definition) is 0. The Hall–Kier alpha value is -6.30. The number of nitrogens with zero attached hydrogens (tertiary/aromatic N) is 3. The molecule has 3 heterocycles. The molecule has 7 aromatic carbocycles. The zero-order valence-electron chi connectivity index (χ0n) is 45.9. The third kappa shape index (κ3) is 7.26. The molecule has 0 saturated heterocycles. The van der Waals surface area contributed by atoms with Gasteiger partial charge in [0.25, 0.3) is 6.71 Å². The van der Waals surface area contributed by atoms with Gasteiger partial charge in [-0.25, -0.2) is 0 Å². The fraction of sp³-hybridized carbons (Fsp3) is 0.333. The van der Waals surface area contributed by atoms with Crippen molar-refractivity contribution in [3.05, 3.63) is 185 Å². The normalized spacial score (nSPS) is 19.7. The molecule has 0 fully saturated rings. The fourth-order valence-corrected chi connectivity index (χ4v) is 15.3. The van der Waals surface area contributed by atoms with Crippen molar-refractivity contribution in [1.29, 1.82) is 0 Å². The lowest BCUT2D eigenvalue weighted by Gasteiger charge is -2.51. The lowest BCUT2D eigenvalue weighted by Crippen LogP contribution is -2.63. The Kier molecular flexibility index (Phi) is 10.5. The van der Waals surface area contributed by atoms with Crippen LogP contribution in [0.25, 0.3) is 20.2 Å². The van der Waals surface area contributed by atoms with Crippen LogP contribution < -0.4 is 31.1 Å². The summed E-state index contributed by atoms with van der Waals surface area (Å²) in [6.45, 7) is 29.3. The van der Waals surface area contributed by atoms with E-state index in [2.05, 4.69) is 249 Å². The van der Waals surface area contributed by atoms with Crippen LogP contribution in [0.15, 0.2) is 163 Å². The van der Waals surface area contributed by atoms with Gasteiger partial charge >= 0.3 is 0 Å². The molecule has 0 N–H and O–H groups in total. The first-order chi connectivity index (χ1) is 35.2. The smallest absolute Gasteiger partial charge is 0.252 e. The molecule has 1 atom stereocenters. The molecule has 372 valence electrons. The largest absolute Gasteiger partial charge is 0.335 e. The van der Waals surface area contributed by atoms with Crippen LogP contribution in [0.4, 0.5) is 45.5 Å². The third-order valence-electron chi connectivity index (χ3n) is 18.6. The maximum Gasteiger partial charge on any atom is 0.252 e. The number of para-hydroxylation sites is 2. The van der Waals surface area contributed by atoms with Crippen molar-refractivity contribution in [1.82, 2.24) is 0 Å². The summed E-state index contributed by atoms with van der Waals surface area (Å²) in [6, 6.07) is 54.2. The summed E-state index contributed by atoms with van der Waals surface area (Å²) in [7, 11) is 0. The molecule has 5 aliphatic rings. The molecule has 2 aliphatic heterocycles. The average molecular weight is 986 g/mol. The molecule has 1 unspecified atom stereocenters. The van der Waals surface area contributed by atoms with Gasteiger partial charge in [0.15, 0.2) is 0 Å². The zero-order chi connectivity index (χ0) is 51.4. The van der Waals surface area contributed by atoms with Gasteiger partial charge in [-0.05, 0) is 177 Å². The number of hydrogen-bond acceptors (Lipinski definition) is 4. The highest BCUT2D eigenvalue weighted by Crippen LogP contribution is 2.56. The summed E-state index contributed by atoms with van der Waals surface area (Å²) in [6.07, 6.45) is 11.0. The molecule has 74 heavy (non-hydrogen) atoms. The van der Waals surface area contributed by atoms with Crippen LogP contribution >= 0.6 is 11.3 Å². The summed E-state index contributed by atoms with van der Waals surface area (Å²) in [5, 5.41) is 2.65. The molecule has 5 heteroatoms. The average Bonchev–Trinajstić information content (AvgIpc) is 3.76. The van der Waals surface area contributed by atoms with E-state index >= 15 is 0 Å². The van der Waals surface area contributed by atoms with E-state index in [1.807, 2.05) is 11.3 Å². The standard InChI is InChI=1S/C69H72BN3S/c1-43-36-60-63-61(37-43)73(57-25-19-24-50-49-29-26-44(65(2,3)4)38-62(49)74-64(50)57)58-40-48(71(45-20-15-13-16-21-45)46-22-17-14-18-23-46)28-31-55(58)70(63)56-41-53-54(69(11,12)35-34-68(53,9)10)42-59(56)72(60)47-27-30-51-52(39-47)67(7,8)33-32-66(51,5)6/h13-31,36-38,40-42,47H,32-35,39H2,1-12H3. The lowest BCUT2D eigenvalue weighted by molar-refractivity contribution is 0.256. The van der Waals surface area contributed by atoms with Crippen LogP contribution in [0, 0.1) is 17.8 Å². The summed E-state index contributed by atoms with van der Waals surface area (Å²) < 4.78 is 2.67. The Morgan fingerprint density at radius 2 is 1.20 bits per heavy atom. The molecular formula is C69H72BN3S. The molecule has 3 nitrogen and oxygen atoms in total. The van der Waals surface area contributed by atoms with Crippen molar-refractivity contribution >= 4 is 100 Å². The van der Waals surface area contributed by atoms with Crippen LogP contribution in [0.3, 0.4) is 0 Å². The van der Waals surface area contributed by atoms with Gasteiger partial charge in [-0.1, -0.05) is 167 Å². The quantitative estimate of drug-likeness (QED) is 0.159. The second kappa shape index (κ2) is 16.4. The van der Waals surface area contributed by atoms with Gasteiger partial charge < -0.3 is 14.7 Å². The van der Waals surface area contributed by atoms with Crippen LogP contribution in [-0.2, 0) is 16.2 Å². The van der Waals surface area contributed by atoms with Gasteiger partial charge in [0, 0.05) is 55.3 Å². The fourth-order valence-electron chi connectivity index (χ4n) is 14.0. The molecule has 3 aliphatic carbocycles. The molecule has 0 amide bonds. The number of fused-ring (bicyclic) bond motifs is 8. The Morgan fingerprint density at radius 1 is 0.554 bits per heavy atom. The van der Waals surface area contributed by atoms with E-state index in [0.29, 0.717) is 0 Å². The molecule has 13 rings (SSSR count). The minimum absolute atomic E-state index is 0.0172. The number of allylic oxidation sites excluding steroid dienone is 2. The van der Waals surface area contributed by atoms with Crippen molar-refractivity contribution in [2.75, 3.05) is 14.7 Å². The summed E-state index contributed by atoms with van der Waals surface area (Å²) >= 11 is 1.95. The van der Waals surface area contributed by atoms with E-state index in [9.17, 15) is 0 Å². The first kappa shape index (κ1) is 47.4. The van der Waals surface area contributed by atoms with E-state index in [1.54, 1.807) is 11.1 Å². The van der Waals surface area contributed by atoms with E-state index < -0.39 is 0 Å². The summed E-state index contributed by atoms with van der Waals surface area (Å²) in [5.74, 6) is 0. The zero-order valence-corrected chi connectivity index (χ0v) is 46.7. The first-order valence-corrected chi connectivity index (χ1v) is 28.4. The molecule has 1 aromatic heterocycles. The van der Waals surface area contributed by atoms with Crippen molar-refractivity contribution in [2.45, 2.75) is 137 Å². The van der Waals surface area contributed by atoms with Crippen molar-refractivity contribution in [3.63, 3.8) is 0 Å². The Morgan fingerprint density at radius 3 is 1.89 bits per heavy atom. The Bertz CT molecular complexity index is 3640. The number of rotatable bonds is 5. The molecule has 8 aromatic rings. The Balaban J connectivity index is 1.12. The van der Waals surface area contributed by atoms with Gasteiger partial charge in [-0.2, -0.15) is 0 Å². The highest BCUT2D eigenvalue weighted by atomic mass is 32.1. The van der Waals surface area contributed by atoms with Gasteiger partial charge in [0.05, 0.1) is 16.4 Å². The first-order valence-electron chi connectivity index (χ1n) is 27.6. The van der Waals surface area contributed by atoms with Gasteiger partial charge in [-0.3, -0.25) is 0 Å².